The third-order valence-electron chi connectivity index (χ3n) is 2.37. The van der Waals surface area contributed by atoms with Crippen LogP contribution in [-0.4, -0.2) is 13.1 Å². The Balaban J connectivity index is 1.99. The van der Waals surface area contributed by atoms with Crippen molar-refractivity contribution in [1.82, 2.24) is 5.32 Å². The van der Waals surface area contributed by atoms with E-state index >= 15 is 0 Å². The molecule has 1 aliphatic carbocycles. The number of nitrogens with one attached hydrogen (secondary N) is 1. The van der Waals surface area contributed by atoms with Crippen LogP contribution in [0.1, 0.15) is 39.5 Å². The predicted octanol–water partition coefficient (Wildman–Crippen LogP) is 2.73. The second-order valence-electron chi connectivity index (χ2n) is 3.84. The highest BCUT2D eigenvalue weighted by Gasteiger charge is 2.20. The summed E-state index contributed by atoms with van der Waals surface area (Å²) in [6.45, 7) is 6.65. The van der Waals surface area contributed by atoms with Gasteiger partial charge < -0.3 is 5.32 Å². The summed E-state index contributed by atoms with van der Waals surface area (Å²) in [6.07, 6.45) is 7.89. The molecule has 1 rings (SSSR count). The molecule has 0 saturated heterocycles. The van der Waals surface area contributed by atoms with Crippen molar-refractivity contribution in [2.24, 2.45) is 5.92 Å². The normalized spacial score (nSPS) is 18.3. The highest BCUT2D eigenvalue weighted by molar-refractivity contribution is 5.01. The van der Waals surface area contributed by atoms with Crippen molar-refractivity contribution in [1.29, 1.82) is 0 Å². The Morgan fingerprint density at radius 2 is 2.25 bits per heavy atom. The second kappa shape index (κ2) is 5.36. The minimum atomic E-state index is 1.04. The van der Waals surface area contributed by atoms with E-state index in [9.17, 15) is 0 Å². The van der Waals surface area contributed by atoms with Crippen molar-refractivity contribution in [2.75, 3.05) is 13.1 Å². The van der Waals surface area contributed by atoms with Gasteiger partial charge in [-0.1, -0.05) is 18.6 Å². The fourth-order valence-electron chi connectivity index (χ4n) is 1.46. The van der Waals surface area contributed by atoms with Crippen LogP contribution in [0.25, 0.3) is 0 Å². The molecule has 0 aromatic carbocycles. The highest BCUT2D eigenvalue weighted by atomic mass is 14.8. The minimum Gasteiger partial charge on any atom is -0.317 e. The largest absolute Gasteiger partial charge is 0.317 e. The predicted molar refractivity (Wildman–Crippen MR) is 54.3 cm³/mol. The zero-order valence-corrected chi connectivity index (χ0v) is 8.40. The van der Waals surface area contributed by atoms with Crippen LogP contribution < -0.4 is 5.32 Å². The van der Waals surface area contributed by atoms with Gasteiger partial charge in [0.2, 0.25) is 0 Å². The smallest absolute Gasteiger partial charge is 0.00143 e. The fourth-order valence-corrected chi connectivity index (χ4v) is 1.46. The van der Waals surface area contributed by atoms with Crippen LogP contribution in [0.15, 0.2) is 11.6 Å². The molecule has 1 saturated carbocycles. The lowest BCUT2D eigenvalue weighted by atomic mass is 10.1. The van der Waals surface area contributed by atoms with Crippen LogP contribution in [0.3, 0.4) is 0 Å². The topological polar surface area (TPSA) is 12.0 Å². The van der Waals surface area contributed by atoms with Crippen molar-refractivity contribution in [3.8, 4) is 0 Å². The van der Waals surface area contributed by atoms with Crippen LogP contribution in [0.2, 0.25) is 0 Å². The molecule has 1 nitrogen and oxygen atoms in total. The van der Waals surface area contributed by atoms with Gasteiger partial charge in [-0.2, -0.15) is 0 Å². The number of rotatable bonds is 6. The van der Waals surface area contributed by atoms with E-state index in [1.807, 2.05) is 0 Å². The Kier molecular flexibility index (Phi) is 4.37. The molecule has 12 heavy (non-hydrogen) atoms. The van der Waals surface area contributed by atoms with E-state index in [0.717, 1.165) is 19.0 Å². The first-order valence-corrected chi connectivity index (χ1v) is 5.19. The quantitative estimate of drug-likeness (QED) is 0.474. The Hall–Kier alpha value is -0.300. The Bertz CT molecular complexity index is 145. The van der Waals surface area contributed by atoms with Gasteiger partial charge in [0.15, 0.2) is 0 Å². The summed E-state index contributed by atoms with van der Waals surface area (Å²) in [5, 5.41) is 3.33. The van der Waals surface area contributed by atoms with Crippen molar-refractivity contribution < 1.29 is 0 Å². The van der Waals surface area contributed by atoms with Crippen molar-refractivity contribution in [3.63, 3.8) is 0 Å². The molecule has 0 amide bonds. The molecule has 0 unspecified atom stereocenters. The summed E-state index contributed by atoms with van der Waals surface area (Å²) < 4.78 is 0. The Labute approximate surface area is 76.2 Å². The van der Waals surface area contributed by atoms with Gasteiger partial charge in [-0.3, -0.25) is 0 Å². The lowest BCUT2D eigenvalue weighted by Crippen LogP contribution is -2.13. The summed E-state index contributed by atoms with van der Waals surface area (Å²) in [6, 6.07) is 0. The molecular formula is C11H21N. The standard InChI is InChI=1S/C11H21N/c1-3-12-8-4-5-10(2)9-11-6-7-11/h5,11-12H,3-4,6-9H2,1-2H3. The summed E-state index contributed by atoms with van der Waals surface area (Å²) in [5.74, 6) is 1.04. The van der Waals surface area contributed by atoms with E-state index < -0.39 is 0 Å². The molecule has 1 fully saturated rings. The first-order valence-electron chi connectivity index (χ1n) is 5.19. The summed E-state index contributed by atoms with van der Waals surface area (Å²) in [5.41, 5.74) is 1.59. The summed E-state index contributed by atoms with van der Waals surface area (Å²) in [4.78, 5) is 0. The minimum absolute atomic E-state index is 1.04. The van der Waals surface area contributed by atoms with Gasteiger partial charge in [-0.15, -0.1) is 0 Å². The van der Waals surface area contributed by atoms with E-state index in [1.54, 1.807) is 5.57 Å². The van der Waals surface area contributed by atoms with E-state index in [0.29, 0.717) is 0 Å². The van der Waals surface area contributed by atoms with Crippen LogP contribution in [-0.2, 0) is 0 Å². The molecule has 0 radical (unpaired) electrons. The van der Waals surface area contributed by atoms with Gasteiger partial charge in [0.1, 0.15) is 0 Å². The lowest BCUT2D eigenvalue weighted by molar-refractivity contribution is 0.720. The van der Waals surface area contributed by atoms with Crippen molar-refractivity contribution >= 4 is 0 Å². The second-order valence-corrected chi connectivity index (χ2v) is 3.84. The van der Waals surface area contributed by atoms with Crippen LogP contribution in [0, 0.1) is 5.92 Å². The maximum Gasteiger partial charge on any atom is -0.00143 e. The van der Waals surface area contributed by atoms with E-state index in [2.05, 4.69) is 25.2 Å². The Morgan fingerprint density at radius 3 is 2.83 bits per heavy atom. The lowest BCUT2D eigenvalue weighted by Gasteiger charge is -2.00. The van der Waals surface area contributed by atoms with Gasteiger partial charge in [0.25, 0.3) is 0 Å². The molecule has 1 aliphatic rings. The zero-order chi connectivity index (χ0) is 8.81. The molecule has 0 heterocycles. The third-order valence-corrected chi connectivity index (χ3v) is 2.37. The molecule has 0 aliphatic heterocycles. The average molecular weight is 167 g/mol. The fraction of sp³-hybridized carbons (Fsp3) is 0.818. The van der Waals surface area contributed by atoms with Crippen LogP contribution >= 0.6 is 0 Å². The van der Waals surface area contributed by atoms with Gasteiger partial charge in [-0.25, -0.2) is 0 Å². The SMILES string of the molecule is CCNCCC=C(C)CC1CC1. The van der Waals surface area contributed by atoms with Crippen molar-refractivity contribution in [3.05, 3.63) is 11.6 Å². The van der Waals surface area contributed by atoms with Crippen molar-refractivity contribution in [2.45, 2.75) is 39.5 Å². The maximum atomic E-state index is 3.33. The number of hydrogen-bond donors (Lipinski definition) is 1. The molecule has 0 aromatic heterocycles. The molecule has 0 atom stereocenters. The molecule has 0 bridgehead atoms. The van der Waals surface area contributed by atoms with Gasteiger partial charge >= 0.3 is 0 Å². The summed E-state index contributed by atoms with van der Waals surface area (Å²) >= 11 is 0. The van der Waals surface area contributed by atoms with Crippen LogP contribution in [0.5, 0.6) is 0 Å². The zero-order valence-electron chi connectivity index (χ0n) is 8.40. The molecular weight excluding hydrogens is 146 g/mol. The van der Waals surface area contributed by atoms with Gasteiger partial charge in [-0.05, 0) is 51.6 Å². The molecule has 0 aromatic rings. The number of hydrogen-bond acceptors (Lipinski definition) is 1. The van der Waals surface area contributed by atoms with Crippen LogP contribution in [0.4, 0.5) is 0 Å². The molecule has 1 heteroatoms. The average Bonchev–Trinajstić information content (AvgIpc) is 2.82. The summed E-state index contributed by atoms with van der Waals surface area (Å²) in [7, 11) is 0. The molecule has 70 valence electrons. The van der Waals surface area contributed by atoms with E-state index in [-0.39, 0.29) is 0 Å². The molecule has 1 N–H and O–H groups in total. The highest BCUT2D eigenvalue weighted by Crippen LogP contribution is 2.34. The van der Waals surface area contributed by atoms with E-state index in [1.165, 1.54) is 25.7 Å². The first kappa shape index (κ1) is 9.79. The molecule has 0 spiro atoms. The Morgan fingerprint density at radius 1 is 1.50 bits per heavy atom. The number of allylic oxidation sites excluding steroid dienone is 1. The monoisotopic (exact) mass is 167 g/mol. The first-order chi connectivity index (χ1) is 5.83. The van der Waals surface area contributed by atoms with Gasteiger partial charge in [0.05, 0.1) is 0 Å². The maximum absolute atomic E-state index is 3.33. The van der Waals surface area contributed by atoms with E-state index in [4.69, 9.17) is 0 Å². The van der Waals surface area contributed by atoms with Gasteiger partial charge in [0, 0.05) is 0 Å². The third kappa shape index (κ3) is 4.55.